The summed E-state index contributed by atoms with van der Waals surface area (Å²) in [5.41, 5.74) is 3.12. The lowest BCUT2D eigenvalue weighted by molar-refractivity contribution is 0.325. The molecule has 0 bridgehead atoms. The number of para-hydroxylation sites is 1. The van der Waals surface area contributed by atoms with Gasteiger partial charge in [-0.2, -0.15) is 5.10 Å². The highest BCUT2D eigenvalue weighted by atomic mass is 16.5. The van der Waals surface area contributed by atoms with Crippen molar-refractivity contribution in [3.05, 3.63) is 53.9 Å². The molecule has 2 heterocycles. The van der Waals surface area contributed by atoms with Crippen LogP contribution in [0.25, 0.3) is 10.9 Å². The topological polar surface area (TPSA) is 39.9 Å². The van der Waals surface area contributed by atoms with Gasteiger partial charge < -0.3 is 4.74 Å². The van der Waals surface area contributed by atoms with Gasteiger partial charge >= 0.3 is 0 Å². The van der Waals surface area contributed by atoms with E-state index in [0.29, 0.717) is 19.0 Å². The molecule has 2 aromatic heterocycles. The van der Waals surface area contributed by atoms with Crippen molar-refractivity contribution in [2.45, 2.75) is 20.4 Å². The van der Waals surface area contributed by atoms with E-state index in [2.05, 4.69) is 22.2 Å². The average Bonchev–Trinajstić information content (AvgIpc) is 2.77. The zero-order chi connectivity index (χ0) is 13.9. The molecule has 0 aliphatic heterocycles. The van der Waals surface area contributed by atoms with Gasteiger partial charge in [0.15, 0.2) is 0 Å². The van der Waals surface area contributed by atoms with Crippen LogP contribution in [0.1, 0.15) is 18.3 Å². The minimum atomic E-state index is 0.625. The second-order valence-corrected chi connectivity index (χ2v) is 4.66. The lowest BCUT2D eigenvalue weighted by Crippen LogP contribution is -2.05. The van der Waals surface area contributed by atoms with Gasteiger partial charge in [-0.25, -0.2) is 4.98 Å². The minimum absolute atomic E-state index is 0.625. The summed E-state index contributed by atoms with van der Waals surface area (Å²) in [6, 6.07) is 14.1. The molecule has 0 aliphatic rings. The summed E-state index contributed by atoms with van der Waals surface area (Å²) < 4.78 is 7.42. The summed E-state index contributed by atoms with van der Waals surface area (Å²) in [5, 5.41) is 5.78. The molecular formula is C16H17N3O. The highest BCUT2D eigenvalue weighted by Gasteiger charge is 2.07. The first kappa shape index (κ1) is 12.7. The molecule has 3 rings (SSSR count). The van der Waals surface area contributed by atoms with Crippen molar-refractivity contribution in [1.82, 2.24) is 14.8 Å². The van der Waals surface area contributed by atoms with Gasteiger partial charge in [-0.3, -0.25) is 4.68 Å². The van der Waals surface area contributed by atoms with Gasteiger partial charge in [-0.05, 0) is 26.0 Å². The maximum atomic E-state index is 5.44. The molecule has 0 spiro atoms. The number of pyridine rings is 1. The van der Waals surface area contributed by atoms with Crippen molar-refractivity contribution in [3.63, 3.8) is 0 Å². The fourth-order valence-electron chi connectivity index (χ4n) is 2.34. The van der Waals surface area contributed by atoms with Crippen LogP contribution in [0, 0.1) is 6.92 Å². The molecule has 0 aliphatic carbocycles. The molecular weight excluding hydrogens is 250 g/mol. The molecule has 0 unspecified atom stereocenters. The monoisotopic (exact) mass is 267 g/mol. The van der Waals surface area contributed by atoms with Crippen molar-refractivity contribution in [2.24, 2.45) is 0 Å². The molecule has 0 radical (unpaired) electrons. The van der Waals surface area contributed by atoms with E-state index in [1.54, 1.807) is 0 Å². The third-order valence-corrected chi connectivity index (χ3v) is 3.23. The van der Waals surface area contributed by atoms with Crippen LogP contribution in [0.3, 0.4) is 0 Å². The van der Waals surface area contributed by atoms with Gasteiger partial charge in [0, 0.05) is 11.5 Å². The molecule has 1 aromatic carbocycles. The first-order valence-electron chi connectivity index (χ1n) is 6.79. The van der Waals surface area contributed by atoms with Crippen LogP contribution in [0.15, 0.2) is 42.5 Å². The Morgan fingerprint density at radius 3 is 2.80 bits per heavy atom. The average molecular weight is 267 g/mol. The van der Waals surface area contributed by atoms with E-state index >= 15 is 0 Å². The molecule has 0 saturated carbocycles. The number of aromatic nitrogens is 3. The fourth-order valence-corrected chi connectivity index (χ4v) is 2.34. The number of benzene rings is 1. The highest BCUT2D eigenvalue weighted by molar-refractivity contribution is 5.81. The Morgan fingerprint density at radius 1 is 1.10 bits per heavy atom. The van der Waals surface area contributed by atoms with Gasteiger partial charge in [0.25, 0.3) is 0 Å². The first-order valence-corrected chi connectivity index (χ1v) is 6.79. The van der Waals surface area contributed by atoms with Gasteiger partial charge in [0.2, 0.25) is 5.88 Å². The number of fused-ring (bicyclic) bond motifs is 1. The molecule has 3 aromatic rings. The zero-order valence-electron chi connectivity index (χ0n) is 11.7. The Kier molecular flexibility index (Phi) is 3.37. The van der Waals surface area contributed by atoms with Gasteiger partial charge in [-0.1, -0.05) is 24.3 Å². The summed E-state index contributed by atoms with van der Waals surface area (Å²) in [5.74, 6) is 0.665. The number of hydrogen-bond acceptors (Lipinski definition) is 3. The third-order valence-electron chi connectivity index (χ3n) is 3.23. The summed E-state index contributed by atoms with van der Waals surface area (Å²) in [7, 11) is 0. The van der Waals surface area contributed by atoms with Crippen molar-refractivity contribution >= 4 is 10.9 Å². The van der Waals surface area contributed by atoms with E-state index < -0.39 is 0 Å². The molecule has 20 heavy (non-hydrogen) atoms. The van der Waals surface area contributed by atoms with Crippen molar-refractivity contribution in [3.8, 4) is 5.88 Å². The van der Waals surface area contributed by atoms with Crippen molar-refractivity contribution in [1.29, 1.82) is 0 Å². The molecule has 4 nitrogen and oxygen atoms in total. The molecule has 0 fully saturated rings. The van der Waals surface area contributed by atoms with Crippen LogP contribution in [-0.2, 0) is 6.54 Å². The van der Waals surface area contributed by atoms with Gasteiger partial charge in [0.05, 0.1) is 30.1 Å². The minimum Gasteiger partial charge on any atom is -0.478 e. The predicted molar refractivity (Wildman–Crippen MR) is 79.0 cm³/mol. The van der Waals surface area contributed by atoms with Crippen LogP contribution in [0.5, 0.6) is 5.88 Å². The van der Waals surface area contributed by atoms with Crippen LogP contribution in [-0.4, -0.2) is 21.4 Å². The SMILES string of the molecule is CCOc1cccc(Cn2nc(C)c3ccccc32)n1. The number of hydrogen-bond donors (Lipinski definition) is 0. The smallest absolute Gasteiger partial charge is 0.213 e. The molecule has 0 amide bonds. The Hall–Kier alpha value is -2.36. The maximum Gasteiger partial charge on any atom is 0.213 e. The van der Waals surface area contributed by atoms with Crippen LogP contribution >= 0.6 is 0 Å². The molecule has 0 atom stereocenters. The number of ether oxygens (including phenoxy) is 1. The van der Waals surface area contributed by atoms with Gasteiger partial charge in [-0.15, -0.1) is 0 Å². The van der Waals surface area contributed by atoms with E-state index in [0.717, 1.165) is 16.9 Å². The van der Waals surface area contributed by atoms with E-state index in [1.165, 1.54) is 5.39 Å². The molecule has 102 valence electrons. The van der Waals surface area contributed by atoms with Crippen molar-refractivity contribution in [2.75, 3.05) is 6.61 Å². The second kappa shape index (κ2) is 5.33. The largest absolute Gasteiger partial charge is 0.478 e. The van der Waals surface area contributed by atoms with Crippen LogP contribution < -0.4 is 4.74 Å². The molecule has 4 heteroatoms. The van der Waals surface area contributed by atoms with Crippen molar-refractivity contribution < 1.29 is 4.74 Å². The van der Waals surface area contributed by atoms with E-state index in [9.17, 15) is 0 Å². The van der Waals surface area contributed by atoms with Gasteiger partial charge in [0.1, 0.15) is 0 Å². The summed E-state index contributed by atoms with van der Waals surface area (Å²) in [4.78, 5) is 4.49. The first-order chi connectivity index (χ1) is 9.78. The Labute approximate surface area is 118 Å². The molecule has 0 N–H and O–H groups in total. The Bertz CT molecular complexity index is 733. The normalized spacial score (nSPS) is 10.9. The summed E-state index contributed by atoms with van der Waals surface area (Å²) in [6.07, 6.45) is 0. The Morgan fingerprint density at radius 2 is 1.95 bits per heavy atom. The lowest BCUT2D eigenvalue weighted by atomic mass is 10.2. The van der Waals surface area contributed by atoms with E-state index in [4.69, 9.17) is 4.74 Å². The second-order valence-electron chi connectivity index (χ2n) is 4.66. The summed E-state index contributed by atoms with van der Waals surface area (Å²) in [6.45, 7) is 5.26. The third kappa shape index (κ3) is 2.37. The number of nitrogens with zero attached hydrogens (tertiary/aromatic N) is 3. The highest BCUT2D eigenvalue weighted by Crippen LogP contribution is 2.18. The Balaban J connectivity index is 1.95. The lowest BCUT2D eigenvalue weighted by Gasteiger charge is -2.06. The van der Waals surface area contributed by atoms with Crippen LogP contribution in [0.2, 0.25) is 0 Å². The van der Waals surface area contributed by atoms with E-state index in [-0.39, 0.29) is 0 Å². The maximum absolute atomic E-state index is 5.44. The summed E-state index contributed by atoms with van der Waals surface area (Å²) >= 11 is 0. The molecule has 0 saturated heterocycles. The predicted octanol–water partition coefficient (Wildman–Crippen LogP) is 3.19. The van der Waals surface area contributed by atoms with Crippen LogP contribution in [0.4, 0.5) is 0 Å². The zero-order valence-corrected chi connectivity index (χ0v) is 11.7. The number of aryl methyl sites for hydroxylation is 1. The standard InChI is InChI=1S/C16H17N3O/c1-3-20-16-10-6-7-13(17-16)11-19-15-9-5-4-8-14(15)12(2)18-19/h4-10H,3,11H2,1-2H3. The quantitative estimate of drug-likeness (QED) is 0.729. The van der Waals surface area contributed by atoms with E-state index in [1.807, 2.05) is 48.9 Å². The fraction of sp³-hybridized carbons (Fsp3) is 0.250. The number of rotatable bonds is 4.